The van der Waals surface area contributed by atoms with Crippen molar-refractivity contribution in [3.63, 3.8) is 0 Å². The zero-order valence-corrected chi connectivity index (χ0v) is 19.6. The number of carbonyl (C=O) groups is 1. The average molecular weight is 495 g/mol. The highest BCUT2D eigenvalue weighted by atomic mass is 32.2. The first-order chi connectivity index (χ1) is 15.6. The normalized spacial score (nSPS) is 11.9. The van der Waals surface area contributed by atoms with Crippen LogP contribution in [0.15, 0.2) is 82.6 Å². The summed E-state index contributed by atoms with van der Waals surface area (Å²) in [5.41, 5.74) is 2.31. The maximum Gasteiger partial charge on any atom is 0.370 e. The second kappa shape index (κ2) is 10.7. The second-order valence-electron chi connectivity index (χ2n) is 7.36. The van der Waals surface area contributed by atoms with Crippen LogP contribution < -0.4 is 4.74 Å². The van der Waals surface area contributed by atoms with Crippen molar-refractivity contribution in [1.82, 2.24) is 0 Å². The molecule has 0 aromatic heterocycles. The smallest absolute Gasteiger partial charge is 0.370 e. The van der Waals surface area contributed by atoms with Gasteiger partial charge < -0.3 is 4.74 Å². The Bertz CT molecular complexity index is 1070. The molecule has 0 aliphatic heterocycles. The maximum absolute atomic E-state index is 14.4. The predicted molar refractivity (Wildman–Crippen MR) is 125 cm³/mol. The molecule has 0 N–H and O–H groups in total. The third-order valence-electron chi connectivity index (χ3n) is 4.61. The molecular formula is C25H22F4O2S2. The molecule has 0 amide bonds. The quantitative estimate of drug-likeness (QED) is 0.130. The minimum absolute atomic E-state index is 0.0517. The summed E-state index contributed by atoms with van der Waals surface area (Å²) in [6.45, 7) is 3.84. The van der Waals surface area contributed by atoms with Gasteiger partial charge in [0, 0.05) is 9.79 Å². The van der Waals surface area contributed by atoms with E-state index in [1.807, 2.05) is 12.1 Å². The monoisotopic (exact) mass is 494 g/mol. The number of benzene rings is 3. The van der Waals surface area contributed by atoms with Gasteiger partial charge >= 0.3 is 16.5 Å². The average Bonchev–Trinajstić information content (AvgIpc) is 2.77. The number of halogens is 4. The molecule has 0 saturated heterocycles. The third-order valence-corrected chi connectivity index (χ3v) is 6.78. The first-order valence-electron chi connectivity index (χ1n) is 10.2. The van der Waals surface area contributed by atoms with E-state index in [0.29, 0.717) is 5.56 Å². The number of hydrogen-bond donors (Lipinski definition) is 0. The SMILES string of the molecule is CCCc1ccc(C(=O)Oc2ccc(SC(F)(F)C(F)(F)Sc3ccc(C)cc3)cc2)cc1. The lowest BCUT2D eigenvalue weighted by Gasteiger charge is -2.25. The number of rotatable bonds is 9. The highest BCUT2D eigenvalue weighted by molar-refractivity contribution is 8.04. The van der Waals surface area contributed by atoms with Crippen molar-refractivity contribution in [2.45, 2.75) is 47.0 Å². The molecular weight excluding hydrogens is 472 g/mol. The van der Waals surface area contributed by atoms with Gasteiger partial charge in [0.05, 0.1) is 5.56 Å². The topological polar surface area (TPSA) is 26.3 Å². The van der Waals surface area contributed by atoms with Crippen molar-refractivity contribution in [3.05, 3.63) is 89.5 Å². The van der Waals surface area contributed by atoms with Gasteiger partial charge in [-0.15, -0.1) is 0 Å². The number of thioether (sulfide) groups is 2. The summed E-state index contributed by atoms with van der Waals surface area (Å²) in [6.07, 6.45) is 1.89. The molecule has 0 radical (unpaired) electrons. The van der Waals surface area contributed by atoms with Crippen molar-refractivity contribution < 1.29 is 27.1 Å². The van der Waals surface area contributed by atoms with Gasteiger partial charge in [-0.1, -0.05) is 43.2 Å². The minimum Gasteiger partial charge on any atom is -0.423 e. The van der Waals surface area contributed by atoms with Crippen LogP contribution in [-0.4, -0.2) is 16.5 Å². The van der Waals surface area contributed by atoms with Crippen molar-refractivity contribution in [2.75, 3.05) is 0 Å². The summed E-state index contributed by atoms with van der Waals surface area (Å²) < 4.78 is 62.6. The van der Waals surface area contributed by atoms with E-state index in [1.54, 1.807) is 31.2 Å². The molecule has 0 spiro atoms. The van der Waals surface area contributed by atoms with Crippen LogP contribution in [0.4, 0.5) is 17.6 Å². The lowest BCUT2D eigenvalue weighted by atomic mass is 10.1. The summed E-state index contributed by atoms with van der Waals surface area (Å²) in [5, 5.41) is -8.69. The number of hydrogen-bond acceptors (Lipinski definition) is 4. The molecule has 3 rings (SSSR count). The summed E-state index contributed by atoms with van der Waals surface area (Å²) in [7, 11) is 0. The van der Waals surface area contributed by atoms with Gasteiger partial charge in [0.15, 0.2) is 0 Å². The maximum atomic E-state index is 14.4. The molecule has 174 valence electrons. The van der Waals surface area contributed by atoms with Gasteiger partial charge in [-0.2, -0.15) is 17.6 Å². The number of aryl methyl sites for hydroxylation is 2. The molecule has 0 aliphatic rings. The van der Waals surface area contributed by atoms with E-state index >= 15 is 0 Å². The van der Waals surface area contributed by atoms with Gasteiger partial charge in [0.2, 0.25) is 0 Å². The summed E-state index contributed by atoms with van der Waals surface area (Å²) in [6, 6.07) is 18.0. The van der Waals surface area contributed by atoms with Gasteiger partial charge in [0.1, 0.15) is 5.75 Å². The zero-order chi connectivity index (χ0) is 24.1. The third kappa shape index (κ3) is 6.77. The first-order valence-corrected chi connectivity index (χ1v) is 11.8. The lowest BCUT2D eigenvalue weighted by Crippen LogP contribution is -2.34. The van der Waals surface area contributed by atoms with E-state index in [9.17, 15) is 22.4 Å². The van der Waals surface area contributed by atoms with Crippen molar-refractivity contribution in [3.8, 4) is 5.75 Å². The zero-order valence-electron chi connectivity index (χ0n) is 18.0. The first kappa shape index (κ1) is 25.2. The summed E-state index contributed by atoms with van der Waals surface area (Å²) >= 11 is -0.419. The van der Waals surface area contributed by atoms with Crippen LogP contribution in [0.25, 0.3) is 0 Å². The van der Waals surface area contributed by atoms with E-state index in [4.69, 9.17) is 4.74 Å². The molecule has 0 atom stereocenters. The standard InChI is InChI=1S/C25H22F4O2S2/c1-3-4-18-7-9-19(10-8-18)23(30)31-20-11-15-22(16-12-20)33-25(28,29)24(26,27)32-21-13-5-17(2)6-14-21/h5-16H,3-4H2,1-2H3. The molecule has 0 heterocycles. The Balaban J connectivity index is 1.62. The van der Waals surface area contributed by atoms with Crippen molar-refractivity contribution in [1.29, 1.82) is 0 Å². The van der Waals surface area contributed by atoms with Crippen LogP contribution in [0.1, 0.15) is 34.8 Å². The largest absolute Gasteiger partial charge is 0.423 e. The molecule has 0 saturated carbocycles. The Morgan fingerprint density at radius 1 is 0.788 bits per heavy atom. The Morgan fingerprint density at radius 3 is 1.76 bits per heavy atom. The molecule has 2 nitrogen and oxygen atoms in total. The van der Waals surface area contributed by atoms with E-state index in [2.05, 4.69) is 6.92 Å². The van der Waals surface area contributed by atoms with Crippen LogP contribution in [0.5, 0.6) is 5.75 Å². The van der Waals surface area contributed by atoms with Crippen LogP contribution >= 0.6 is 23.5 Å². The summed E-state index contributed by atoms with van der Waals surface area (Å²) in [4.78, 5) is 12.2. The fourth-order valence-electron chi connectivity index (χ4n) is 2.86. The van der Waals surface area contributed by atoms with E-state index < -0.39 is 16.5 Å². The molecule has 0 unspecified atom stereocenters. The fourth-order valence-corrected chi connectivity index (χ4v) is 4.48. The van der Waals surface area contributed by atoms with Crippen LogP contribution in [0, 0.1) is 6.92 Å². The van der Waals surface area contributed by atoms with Crippen molar-refractivity contribution >= 4 is 29.5 Å². The minimum atomic E-state index is -4.36. The van der Waals surface area contributed by atoms with E-state index in [0.717, 1.165) is 24.0 Å². The Kier molecular flexibility index (Phi) is 8.13. The number of ether oxygens (including phenoxy) is 1. The van der Waals surface area contributed by atoms with Crippen LogP contribution in [0.3, 0.4) is 0 Å². The van der Waals surface area contributed by atoms with E-state index in [1.165, 1.54) is 36.4 Å². The van der Waals surface area contributed by atoms with Gasteiger partial charge in [-0.3, -0.25) is 0 Å². The Labute approximate surface area is 198 Å². The van der Waals surface area contributed by atoms with Gasteiger partial charge in [-0.25, -0.2) is 4.79 Å². The molecule has 3 aromatic rings. The van der Waals surface area contributed by atoms with Crippen LogP contribution in [-0.2, 0) is 6.42 Å². The highest BCUT2D eigenvalue weighted by Gasteiger charge is 2.58. The molecule has 3 aromatic carbocycles. The van der Waals surface area contributed by atoms with Gasteiger partial charge in [0.25, 0.3) is 0 Å². The molecule has 33 heavy (non-hydrogen) atoms. The summed E-state index contributed by atoms with van der Waals surface area (Å²) in [5.74, 6) is -0.462. The predicted octanol–water partition coefficient (Wildman–Crippen LogP) is 8.24. The van der Waals surface area contributed by atoms with E-state index in [-0.39, 0.29) is 39.1 Å². The lowest BCUT2D eigenvalue weighted by molar-refractivity contribution is -0.0834. The van der Waals surface area contributed by atoms with Crippen molar-refractivity contribution in [2.24, 2.45) is 0 Å². The van der Waals surface area contributed by atoms with Crippen LogP contribution in [0.2, 0.25) is 0 Å². The number of carbonyl (C=O) groups excluding carboxylic acids is 1. The highest BCUT2D eigenvalue weighted by Crippen LogP contribution is 2.54. The molecule has 8 heteroatoms. The Morgan fingerprint density at radius 2 is 1.27 bits per heavy atom. The van der Waals surface area contributed by atoms with Gasteiger partial charge in [-0.05, 0) is 91.0 Å². The number of alkyl halides is 4. The number of esters is 1. The fraction of sp³-hybridized carbons (Fsp3) is 0.240. The molecule has 0 bridgehead atoms. The second-order valence-corrected chi connectivity index (χ2v) is 9.74. The molecule has 0 fully saturated rings. The Hall–Kier alpha value is -2.45. The molecule has 0 aliphatic carbocycles.